The molecule has 0 saturated heterocycles. The van der Waals surface area contributed by atoms with E-state index in [4.69, 9.17) is 0 Å². The highest BCUT2D eigenvalue weighted by atomic mass is 16.2. The van der Waals surface area contributed by atoms with Gasteiger partial charge in [-0.2, -0.15) is 0 Å². The van der Waals surface area contributed by atoms with Gasteiger partial charge >= 0.3 is 5.69 Å². The molecule has 1 aromatic heterocycles. The molecule has 0 fully saturated rings. The van der Waals surface area contributed by atoms with Gasteiger partial charge in [-0.1, -0.05) is 31.0 Å². The molecule has 0 aliphatic heterocycles. The van der Waals surface area contributed by atoms with E-state index in [1.165, 1.54) is 10.6 Å². The SMILES string of the molecule is CCCCn1c(=O)cc(C)n(-c2ccc(C)cc2)c1=O. The zero-order valence-corrected chi connectivity index (χ0v) is 12.2. The van der Waals surface area contributed by atoms with Crippen LogP contribution in [-0.4, -0.2) is 9.13 Å². The van der Waals surface area contributed by atoms with Gasteiger partial charge in [0.05, 0.1) is 5.69 Å². The van der Waals surface area contributed by atoms with Gasteiger partial charge in [0.25, 0.3) is 5.56 Å². The summed E-state index contributed by atoms with van der Waals surface area (Å²) in [5.74, 6) is 0. The first-order chi connectivity index (χ1) is 9.54. The first-order valence-corrected chi connectivity index (χ1v) is 6.95. The molecule has 1 heterocycles. The Kier molecular flexibility index (Phi) is 4.23. The number of rotatable bonds is 4. The average molecular weight is 272 g/mol. The first-order valence-electron chi connectivity index (χ1n) is 6.95. The highest BCUT2D eigenvalue weighted by molar-refractivity contribution is 5.35. The van der Waals surface area contributed by atoms with Crippen LogP contribution in [0.2, 0.25) is 0 Å². The Labute approximate surface area is 118 Å². The second kappa shape index (κ2) is 5.90. The maximum Gasteiger partial charge on any atom is 0.335 e. The van der Waals surface area contributed by atoms with E-state index in [-0.39, 0.29) is 11.2 Å². The Balaban J connectivity index is 2.61. The molecule has 0 unspecified atom stereocenters. The van der Waals surface area contributed by atoms with E-state index in [0.717, 1.165) is 24.1 Å². The zero-order valence-electron chi connectivity index (χ0n) is 12.2. The molecule has 2 aromatic rings. The van der Waals surface area contributed by atoms with E-state index in [1.54, 1.807) is 11.5 Å². The monoisotopic (exact) mass is 272 g/mol. The van der Waals surface area contributed by atoms with Crippen molar-refractivity contribution in [1.82, 2.24) is 9.13 Å². The number of nitrogens with zero attached hydrogens (tertiary/aromatic N) is 2. The third-order valence-electron chi connectivity index (χ3n) is 3.40. The number of benzene rings is 1. The van der Waals surface area contributed by atoms with Crippen molar-refractivity contribution >= 4 is 0 Å². The highest BCUT2D eigenvalue weighted by Crippen LogP contribution is 2.08. The van der Waals surface area contributed by atoms with Crippen LogP contribution in [0.5, 0.6) is 0 Å². The van der Waals surface area contributed by atoms with E-state index >= 15 is 0 Å². The predicted octanol–water partition coefficient (Wildman–Crippen LogP) is 2.42. The lowest BCUT2D eigenvalue weighted by Gasteiger charge is -2.13. The summed E-state index contributed by atoms with van der Waals surface area (Å²) in [6.45, 7) is 6.30. The van der Waals surface area contributed by atoms with Gasteiger partial charge in [0.2, 0.25) is 0 Å². The molecule has 0 N–H and O–H groups in total. The topological polar surface area (TPSA) is 44.0 Å². The Bertz CT molecular complexity index is 709. The Morgan fingerprint density at radius 1 is 1.05 bits per heavy atom. The van der Waals surface area contributed by atoms with Gasteiger partial charge in [-0.3, -0.25) is 13.9 Å². The Hall–Kier alpha value is -2.10. The number of hydrogen-bond acceptors (Lipinski definition) is 2. The lowest BCUT2D eigenvalue weighted by Crippen LogP contribution is -2.39. The minimum absolute atomic E-state index is 0.218. The van der Waals surface area contributed by atoms with Crippen LogP contribution in [0.4, 0.5) is 0 Å². The van der Waals surface area contributed by atoms with Crippen LogP contribution < -0.4 is 11.2 Å². The van der Waals surface area contributed by atoms with Crippen LogP contribution in [0.15, 0.2) is 39.9 Å². The number of aromatic nitrogens is 2. The fourth-order valence-electron chi connectivity index (χ4n) is 2.22. The van der Waals surface area contributed by atoms with Crippen molar-refractivity contribution in [3.8, 4) is 5.69 Å². The molecule has 0 bridgehead atoms. The summed E-state index contributed by atoms with van der Waals surface area (Å²) in [5.41, 5.74) is 2.12. The number of hydrogen-bond donors (Lipinski definition) is 0. The molecule has 0 atom stereocenters. The summed E-state index contributed by atoms with van der Waals surface area (Å²) in [6, 6.07) is 9.25. The quantitative estimate of drug-likeness (QED) is 0.858. The van der Waals surface area contributed by atoms with Crippen LogP contribution in [0, 0.1) is 13.8 Å². The maximum atomic E-state index is 12.5. The summed E-state index contributed by atoms with van der Waals surface area (Å²) in [4.78, 5) is 24.5. The Morgan fingerprint density at radius 2 is 1.70 bits per heavy atom. The van der Waals surface area contributed by atoms with Crippen LogP contribution >= 0.6 is 0 Å². The summed E-state index contributed by atoms with van der Waals surface area (Å²) >= 11 is 0. The predicted molar refractivity (Wildman–Crippen MR) is 80.7 cm³/mol. The Morgan fingerprint density at radius 3 is 2.30 bits per heavy atom. The summed E-state index contributed by atoms with van der Waals surface area (Å²) in [7, 11) is 0. The number of aryl methyl sites for hydroxylation is 2. The normalized spacial score (nSPS) is 10.8. The molecule has 4 nitrogen and oxygen atoms in total. The highest BCUT2D eigenvalue weighted by Gasteiger charge is 2.09. The molecule has 1 aromatic carbocycles. The summed E-state index contributed by atoms with van der Waals surface area (Å²) in [6.07, 6.45) is 1.77. The van der Waals surface area contributed by atoms with Crippen LogP contribution in [0.25, 0.3) is 5.69 Å². The molecule has 0 aliphatic carbocycles. The van der Waals surface area contributed by atoms with Gasteiger partial charge in [0.1, 0.15) is 0 Å². The van der Waals surface area contributed by atoms with E-state index < -0.39 is 0 Å². The molecule has 4 heteroatoms. The third-order valence-corrected chi connectivity index (χ3v) is 3.40. The van der Waals surface area contributed by atoms with Crippen molar-refractivity contribution < 1.29 is 0 Å². The fraction of sp³-hybridized carbons (Fsp3) is 0.375. The van der Waals surface area contributed by atoms with Gasteiger partial charge in [0, 0.05) is 18.3 Å². The van der Waals surface area contributed by atoms with Crippen LogP contribution in [-0.2, 0) is 6.54 Å². The van der Waals surface area contributed by atoms with Crippen molar-refractivity contribution in [2.45, 2.75) is 40.2 Å². The number of unbranched alkanes of at least 4 members (excludes halogenated alkanes) is 1. The first kappa shape index (κ1) is 14.3. The van der Waals surface area contributed by atoms with Crippen LogP contribution in [0.1, 0.15) is 31.0 Å². The molecule has 0 spiro atoms. The van der Waals surface area contributed by atoms with E-state index in [2.05, 4.69) is 0 Å². The van der Waals surface area contributed by atoms with Crippen LogP contribution in [0.3, 0.4) is 0 Å². The van der Waals surface area contributed by atoms with Crippen molar-refractivity contribution in [2.75, 3.05) is 0 Å². The second-order valence-electron chi connectivity index (χ2n) is 5.08. The van der Waals surface area contributed by atoms with E-state index in [9.17, 15) is 9.59 Å². The maximum absolute atomic E-state index is 12.5. The molecular formula is C16H20N2O2. The van der Waals surface area contributed by atoms with Crippen molar-refractivity contribution in [2.24, 2.45) is 0 Å². The van der Waals surface area contributed by atoms with Gasteiger partial charge in [0.15, 0.2) is 0 Å². The van der Waals surface area contributed by atoms with Crippen molar-refractivity contribution in [3.05, 3.63) is 62.4 Å². The van der Waals surface area contributed by atoms with E-state index in [0.29, 0.717) is 12.2 Å². The van der Waals surface area contributed by atoms with E-state index in [1.807, 2.05) is 38.1 Å². The third kappa shape index (κ3) is 2.74. The van der Waals surface area contributed by atoms with Gasteiger partial charge in [-0.15, -0.1) is 0 Å². The zero-order chi connectivity index (χ0) is 14.7. The lowest BCUT2D eigenvalue weighted by atomic mass is 10.2. The molecule has 0 aliphatic rings. The molecule has 106 valence electrons. The lowest BCUT2D eigenvalue weighted by molar-refractivity contribution is 0.566. The fourth-order valence-corrected chi connectivity index (χ4v) is 2.22. The van der Waals surface area contributed by atoms with Gasteiger partial charge in [-0.05, 0) is 32.4 Å². The van der Waals surface area contributed by atoms with Crippen molar-refractivity contribution in [1.29, 1.82) is 0 Å². The largest absolute Gasteiger partial charge is 0.335 e. The molecule has 20 heavy (non-hydrogen) atoms. The summed E-state index contributed by atoms with van der Waals surface area (Å²) < 4.78 is 2.91. The average Bonchev–Trinajstić information content (AvgIpc) is 2.40. The van der Waals surface area contributed by atoms with Gasteiger partial charge < -0.3 is 0 Å². The molecule has 0 saturated carbocycles. The minimum Gasteiger partial charge on any atom is -0.269 e. The standard InChI is InChI=1S/C16H20N2O2/c1-4-5-10-17-15(19)11-13(3)18(16(17)20)14-8-6-12(2)7-9-14/h6-9,11H,4-5,10H2,1-3H3. The minimum atomic E-state index is -0.257. The molecule has 0 radical (unpaired) electrons. The second-order valence-corrected chi connectivity index (χ2v) is 5.08. The molecular weight excluding hydrogens is 252 g/mol. The van der Waals surface area contributed by atoms with Crippen molar-refractivity contribution in [3.63, 3.8) is 0 Å². The smallest absolute Gasteiger partial charge is 0.269 e. The molecule has 0 amide bonds. The molecule has 2 rings (SSSR count). The summed E-state index contributed by atoms with van der Waals surface area (Å²) in [5, 5.41) is 0. The van der Waals surface area contributed by atoms with Gasteiger partial charge in [-0.25, -0.2) is 4.79 Å².